The predicted molar refractivity (Wildman–Crippen MR) is 54.8 cm³/mol. The lowest BCUT2D eigenvalue weighted by molar-refractivity contribution is -0.137. The minimum Gasteiger partial charge on any atom is -0.481 e. The van der Waals surface area contributed by atoms with E-state index in [0.29, 0.717) is 13.0 Å². The largest absolute Gasteiger partial charge is 0.481 e. The van der Waals surface area contributed by atoms with E-state index in [-0.39, 0.29) is 18.2 Å². The number of rotatable bonds is 7. The van der Waals surface area contributed by atoms with Gasteiger partial charge in [0.25, 0.3) is 5.91 Å². The van der Waals surface area contributed by atoms with Crippen molar-refractivity contribution in [1.29, 1.82) is 0 Å². The third-order valence-electron chi connectivity index (χ3n) is 1.98. The van der Waals surface area contributed by atoms with Gasteiger partial charge in [-0.3, -0.25) is 14.7 Å². The molecular formula is C9H14N4O3. The Morgan fingerprint density at radius 1 is 1.38 bits per heavy atom. The summed E-state index contributed by atoms with van der Waals surface area (Å²) in [6, 6.07) is 0. The monoisotopic (exact) mass is 226 g/mol. The van der Waals surface area contributed by atoms with Crippen LogP contribution in [0.5, 0.6) is 0 Å². The average molecular weight is 226 g/mol. The van der Waals surface area contributed by atoms with Crippen molar-refractivity contribution in [3.8, 4) is 0 Å². The molecule has 0 saturated carbocycles. The van der Waals surface area contributed by atoms with E-state index < -0.39 is 5.97 Å². The van der Waals surface area contributed by atoms with Gasteiger partial charge in [-0.2, -0.15) is 5.10 Å². The average Bonchev–Trinajstić information content (AvgIpc) is 2.75. The number of aromatic nitrogens is 3. The molecule has 0 atom stereocenters. The normalized spacial score (nSPS) is 10.0. The molecule has 0 unspecified atom stereocenters. The first kappa shape index (κ1) is 12.2. The Hall–Kier alpha value is -1.92. The van der Waals surface area contributed by atoms with Gasteiger partial charge < -0.3 is 10.4 Å². The SMILES string of the molecule is O=C(O)CCCCCNC(=O)c1ncn[nH]1. The Morgan fingerprint density at radius 3 is 2.81 bits per heavy atom. The summed E-state index contributed by atoms with van der Waals surface area (Å²) in [6.07, 6.45) is 3.61. The van der Waals surface area contributed by atoms with Crippen LogP contribution in [-0.4, -0.2) is 38.7 Å². The second-order valence-corrected chi connectivity index (χ2v) is 3.29. The molecule has 0 spiro atoms. The molecule has 0 aliphatic heterocycles. The first-order valence-corrected chi connectivity index (χ1v) is 5.05. The molecule has 1 rings (SSSR count). The van der Waals surface area contributed by atoms with Gasteiger partial charge in [0, 0.05) is 13.0 Å². The summed E-state index contributed by atoms with van der Waals surface area (Å²) in [6.45, 7) is 0.513. The molecule has 0 fully saturated rings. The maximum atomic E-state index is 11.3. The molecule has 0 bridgehead atoms. The number of hydrogen-bond acceptors (Lipinski definition) is 4. The summed E-state index contributed by atoms with van der Waals surface area (Å²) < 4.78 is 0. The zero-order valence-electron chi connectivity index (χ0n) is 8.77. The molecule has 0 aromatic carbocycles. The molecule has 3 N–H and O–H groups in total. The predicted octanol–water partition coefficient (Wildman–Crippen LogP) is 0.179. The second-order valence-electron chi connectivity index (χ2n) is 3.29. The number of carboxylic acids is 1. The summed E-state index contributed by atoms with van der Waals surface area (Å²) in [7, 11) is 0. The van der Waals surface area contributed by atoms with Gasteiger partial charge in [-0.1, -0.05) is 6.42 Å². The number of unbranched alkanes of at least 4 members (excludes halogenated alkanes) is 2. The van der Waals surface area contributed by atoms with Crippen LogP contribution in [0.1, 0.15) is 36.3 Å². The van der Waals surface area contributed by atoms with Gasteiger partial charge in [0.05, 0.1) is 0 Å². The minimum atomic E-state index is -0.786. The first-order valence-electron chi connectivity index (χ1n) is 5.05. The van der Waals surface area contributed by atoms with Crippen LogP contribution in [-0.2, 0) is 4.79 Å². The highest BCUT2D eigenvalue weighted by atomic mass is 16.4. The van der Waals surface area contributed by atoms with E-state index in [1.54, 1.807) is 0 Å². The molecule has 7 nitrogen and oxygen atoms in total. The van der Waals surface area contributed by atoms with Crippen molar-refractivity contribution in [3.05, 3.63) is 12.2 Å². The van der Waals surface area contributed by atoms with Gasteiger partial charge in [0.1, 0.15) is 6.33 Å². The van der Waals surface area contributed by atoms with Crippen molar-refractivity contribution in [3.63, 3.8) is 0 Å². The summed E-state index contributed by atoms with van der Waals surface area (Å²) in [5.41, 5.74) is 0. The number of nitrogens with one attached hydrogen (secondary N) is 2. The van der Waals surface area contributed by atoms with Crippen LogP contribution in [0.2, 0.25) is 0 Å². The molecule has 0 aliphatic rings. The molecule has 88 valence electrons. The Morgan fingerprint density at radius 2 is 2.19 bits per heavy atom. The third kappa shape index (κ3) is 4.54. The number of carbonyl (C=O) groups excluding carboxylic acids is 1. The molecule has 7 heteroatoms. The summed E-state index contributed by atoms with van der Waals surface area (Å²) in [5, 5.41) is 17.1. The van der Waals surface area contributed by atoms with Crippen LogP contribution < -0.4 is 5.32 Å². The fraction of sp³-hybridized carbons (Fsp3) is 0.556. The van der Waals surface area contributed by atoms with E-state index in [0.717, 1.165) is 12.8 Å². The van der Waals surface area contributed by atoms with Crippen molar-refractivity contribution < 1.29 is 14.7 Å². The zero-order chi connectivity index (χ0) is 11.8. The van der Waals surface area contributed by atoms with Gasteiger partial charge in [-0.25, -0.2) is 4.98 Å². The number of nitrogens with zero attached hydrogens (tertiary/aromatic N) is 2. The Labute approximate surface area is 92.3 Å². The number of carbonyl (C=O) groups is 2. The molecule has 1 aromatic rings. The van der Waals surface area contributed by atoms with Crippen LogP contribution in [0.25, 0.3) is 0 Å². The van der Waals surface area contributed by atoms with Crippen molar-refractivity contribution in [2.24, 2.45) is 0 Å². The maximum absolute atomic E-state index is 11.3. The van der Waals surface area contributed by atoms with Gasteiger partial charge in [0.15, 0.2) is 0 Å². The highest BCUT2D eigenvalue weighted by molar-refractivity contribution is 5.90. The molecule has 1 heterocycles. The summed E-state index contributed by atoms with van der Waals surface area (Å²) >= 11 is 0. The lowest BCUT2D eigenvalue weighted by atomic mass is 10.2. The third-order valence-corrected chi connectivity index (χ3v) is 1.98. The highest BCUT2D eigenvalue weighted by Crippen LogP contribution is 1.98. The smallest absolute Gasteiger partial charge is 0.303 e. The highest BCUT2D eigenvalue weighted by Gasteiger charge is 2.06. The Balaban J connectivity index is 2.03. The lowest BCUT2D eigenvalue weighted by Gasteiger charge is -2.01. The van der Waals surface area contributed by atoms with Crippen molar-refractivity contribution in [1.82, 2.24) is 20.5 Å². The Kier molecular flexibility index (Phi) is 4.97. The van der Waals surface area contributed by atoms with Crippen molar-refractivity contribution in [2.75, 3.05) is 6.54 Å². The van der Waals surface area contributed by atoms with E-state index in [1.807, 2.05) is 0 Å². The van der Waals surface area contributed by atoms with Crippen LogP contribution >= 0.6 is 0 Å². The number of aromatic amines is 1. The van der Waals surface area contributed by atoms with Crippen LogP contribution in [0.4, 0.5) is 0 Å². The van der Waals surface area contributed by atoms with E-state index >= 15 is 0 Å². The maximum Gasteiger partial charge on any atom is 0.303 e. The number of amides is 1. The van der Waals surface area contributed by atoms with Crippen molar-refractivity contribution >= 4 is 11.9 Å². The van der Waals surface area contributed by atoms with Gasteiger partial charge in [0.2, 0.25) is 5.82 Å². The summed E-state index contributed by atoms with van der Waals surface area (Å²) in [4.78, 5) is 25.2. The standard InChI is InChI=1S/C9H14N4O3/c14-7(15)4-2-1-3-5-10-9(16)8-11-6-12-13-8/h6H,1-5H2,(H,10,16)(H,14,15)(H,11,12,13). The number of aliphatic carboxylic acids is 1. The first-order chi connectivity index (χ1) is 7.70. The summed E-state index contributed by atoms with van der Waals surface area (Å²) in [5.74, 6) is -0.896. The molecule has 0 aliphatic carbocycles. The van der Waals surface area contributed by atoms with Crippen molar-refractivity contribution in [2.45, 2.75) is 25.7 Å². The zero-order valence-corrected chi connectivity index (χ0v) is 8.77. The van der Waals surface area contributed by atoms with Gasteiger partial charge in [-0.15, -0.1) is 0 Å². The Bertz CT molecular complexity index is 337. The molecule has 1 aromatic heterocycles. The molecule has 16 heavy (non-hydrogen) atoms. The molecular weight excluding hydrogens is 212 g/mol. The topological polar surface area (TPSA) is 108 Å². The fourth-order valence-corrected chi connectivity index (χ4v) is 1.18. The van der Waals surface area contributed by atoms with E-state index in [2.05, 4.69) is 20.5 Å². The number of hydrogen-bond donors (Lipinski definition) is 3. The van der Waals surface area contributed by atoms with E-state index in [9.17, 15) is 9.59 Å². The fourth-order valence-electron chi connectivity index (χ4n) is 1.18. The van der Waals surface area contributed by atoms with Gasteiger partial charge in [-0.05, 0) is 12.8 Å². The van der Waals surface area contributed by atoms with E-state index in [4.69, 9.17) is 5.11 Å². The van der Waals surface area contributed by atoms with Crippen LogP contribution in [0.3, 0.4) is 0 Å². The quantitative estimate of drug-likeness (QED) is 0.575. The van der Waals surface area contributed by atoms with Crippen LogP contribution in [0.15, 0.2) is 6.33 Å². The van der Waals surface area contributed by atoms with Crippen LogP contribution in [0, 0.1) is 0 Å². The minimum absolute atomic E-state index is 0.177. The molecule has 0 radical (unpaired) electrons. The van der Waals surface area contributed by atoms with Gasteiger partial charge >= 0.3 is 5.97 Å². The molecule has 0 saturated heterocycles. The second kappa shape index (κ2) is 6.54. The number of H-pyrrole nitrogens is 1. The lowest BCUT2D eigenvalue weighted by Crippen LogP contribution is -2.25. The number of carboxylic acid groups (broad SMARTS) is 1. The molecule has 1 amide bonds. The van der Waals surface area contributed by atoms with E-state index in [1.165, 1.54) is 6.33 Å².